The van der Waals surface area contributed by atoms with Crippen LogP contribution in [0, 0.1) is 6.92 Å². The Hall–Kier alpha value is -1.06. The van der Waals surface area contributed by atoms with Gasteiger partial charge in [0.1, 0.15) is 0 Å². The number of nitrogens with one attached hydrogen (secondary N) is 1. The van der Waals surface area contributed by atoms with E-state index in [9.17, 15) is 0 Å². The Morgan fingerprint density at radius 1 is 1.32 bits per heavy atom. The maximum atomic E-state index is 5.16. The van der Waals surface area contributed by atoms with E-state index < -0.39 is 0 Å². The van der Waals surface area contributed by atoms with Gasteiger partial charge in [-0.05, 0) is 55.1 Å². The Balaban J connectivity index is 2.18. The molecule has 0 bridgehead atoms. The van der Waals surface area contributed by atoms with Crippen LogP contribution in [-0.2, 0) is 6.42 Å². The molecule has 2 rings (SSSR count). The second-order valence-corrected chi connectivity index (χ2v) is 5.71. The highest BCUT2D eigenvalue weighted by molar-refractivity contribution is 9.10. The van der Waals surface area contributed by atoms with Gasteiger partial charge in [-0.15, -0.1) is 0 Å². The van der Waals surface area contributed by atoms with E-state index in [1.807, 2.05) is 12.3 Å². The molecule has 0 aliphatic rings. The Kier molecular flexibility index (Phi) is 5.23. The van der Waals surface area contributed by atoms with Gasteiger partial charge in [0.05, 0.1) is 12.5 Å². The van der Waals surface area contributed by atoms with Crippen LogP contribution in [0.2, 0.25) is 0 Å². The van der Waals surface area contributed by atoms with Crippen LogP contribution in [-0.4, -0.2) is 6.54 Å². The minimum atomic E-state index is 0.328. The molecule has 1 aromatic heterocycles. The lowest BCUT2D eigenvalue weighted by molar-refractivity contribution is 0.520. The molecule has 1 unspecified atom stereocenters. The highest BCUT2D eigenvalue weighted by Gasteiger charge is 2.13. The van der Waals surface area contributed by atoms with Crippen LogP contribution in [0.3, 0.4) is 0 Å². The third-order valence-electron chi connectivity index (χ3n) is 3.26. The molecule has 0 aliphatic heterocycles. The zero-order chi connectivity index (χ0) is 13.7. The standard InChI is InChI=1S/C16H20BrNO/c1-3-7-18-16(9-13-6-8-19-11-13)14-5-4-12(2)15(17)10-14/h4-6,8,10-11,16,18H,3,7,9H2,1-2H3. The molecule has 0 fully saturated rings. The van der Waals surface area contributed by atoms with Gasteiger partial charge >= 0.3 is 0 Å². The topological polar surface area (TPSA) is 25.2 Å². The lowest BCUT2D eigenvalue weighted by Crippen LogP contribution is -2.24. The monoisotopic (exact) mass is 321 g/mol. The first kappa shape index (κ1) is 14.4. The first-order valence-corrected chi connectivity index (χ1v) is 7.50. The lowest BCUT2D eigenvalue weighted by Gasteiger charge is -2.19. The molecule has 1 atom stereocenters. The summed E-state index contributed by atoms with van der Waals surface area (Å²) in [5.74, 6) is 0. The van der Waals surface area contributed by atoms with Gasteiger partial charge in [0, 0.05) is 10.5 Å². The zero-order valence-corrected chi connectivity index (χ0v) is 13.0. The summed E-state index contributed by atoms with van der Waals surface area (Å²) >= 11 is 3.61. The second-order valence-electron chi connectivity index (χ2n) is 4.85. The van der Waals surface area contributed by atoms with Crippen LogP contribution in [0.15, 0.2) is 45.7 Å². The third kappa shape index (κ3) is 3.95. The van der Waals surface area contributed by atoms with Crippen molar-refractivity contribution < 1.29 is 4.42 Å². The molecule has 1 heterocycles. The van der Waals surface area contributed by atoms with Crippen LogP contribution in [0.4, 0.5) is 0 Å². The molecular formula is C16H20BrNO. The van der Waals surface area contributed by atoms with E-state index in [4.69, 9.17) is 4.42 Å². The molecule has 2 nitrogen and oxygen atoms in total. The van der Waals surface area contributed by atoms with Gasteiger partial charge in [-0.2, -0.15) is 0 Å². The van der Waals surface area contributed by atoms with Crippen molar-refractivity contribution in [1.29, 1.82) is 0 Å². The van der Waals surface area contributed by atoms with Crippen molar-refractivity contribution in [2.75, 3.05) is 6.54 Å². The van der Waals surface area contributed by atoms with Crippen LogP contribution in [0.25, 0.3) is 0 Å². The number of halogens is 1. The van der Waals surface area contributed by atoms with Crippen molar-refractivity contribution in [2.45, 2.75) is 32.7 Å². The molecule has 1 aromatic carbocycles. The van der Waals surface area contributed by atoms with E-state index >= 15 is 0 Å². The van der Waals surface area contributed by atoms with Crippen LogP contribution < -0.4 is 5.32 Å². The average molecular weight is 322 g/mol. The minimum Gasteiger partial charge on any atom is -0.472 e. The first-order valence-electron chi connectivity index (χ1n) is 6.71. The van der Waals surface area contributed by atoms with Crippen LogP contribution in [0.1, 0.15) is 36.1 Å². The Bertz CT molecular complexity index is 507. The molecule has 19 heavy (non-hydrogen) atoms. The van der Waals surface area contributed by atoms with E-state index in [1.54, 1.807) is 6.26 Å². The van der Waals surface area contributed by atoms with Gasteiger partial charge in [-0.3, -0.25) is 0 Å². The largest absolute Gasteiger partial charge is 0.472 e. The number of benzene rings is 1. The summed E-state index contributed by atoms with van der Waals surface area (Å²) in [5, 5.41) is 3.61. The number of furan rings is 1. The molecule has 0 aliphatic carbocycles. The molecule has 0 amide bonds. The second kappa shape index (κ2) is 6.92. The maximum absolute atomic E-state index is 5.16. The van der Waals surface area contributed by atoms with E-state index in [2.05, 4.69) is 53.3 Å². The van der Waals surface area contributed by atoms with Crippen molar-refractivity contribution >= 4 is 15.9 Å². The molecular weight excluding hydrogens is 302 g/mol. The first-order chi connectivity index (χ1) is 9.20. The Morgan fingerprint density at radius 2 is 2.16 bits per heavy atom. The third-order valence-corrected chi connectivity index (χ3v) is 4.11. The van der Waals surface area contributed by atoms with Crippen molar-refractivity contribution in [1.82, 2.24) is 5.32 Å². The maximum Gasteiger partial charge on any atom is 0.0935 e. The molecule has 0 spiro atoms. The van der Waals surface area contributed by atoms with Crippen molar-refractivity contribution in [3.63, 3.8) is 0 Å². The molecule has 0 saturated carbocycles. The van der Waals surface area contributed by atoms with E-state index in [0.717, 1.165) is 19.4 Å². The zero-order valence-electron chi connectivity index (χ0n) is 11.4. The van der Waals surface area contributed by atoms with E-state index in [-0.39, 0.29) is 0 Å². The van der Waals surface area contributed by atoms with Gasteiger partial charge in [-0.1, -0.05) is 35.0 Å². The SMILES string of the molecule is CCCNC(Cc1ccoc1)c1ccc(C)c(Br)c1. The van der Waals surface area contributed by atoms with Gasteiger partial charge in [0.15, 0.2) is 0 Å². The van der Waals surface area contributed by atoms with Gasteiger partial charge in [-0.25, -0.2) is 0 Å². The molecule has 102 valence electrons. The molecule has 0 saturated heterocycles. The minimum absolute atomic E-state index is 0.328. The smallest absolute Gasteiger partial charge is 0.0935 e. The van der Waals surface area contributed by atoms with Gasteiger partial charge in [0.2, 0.25) is 0 Å². The van der Waals surface area contributed by atoms with Crippen molar-refractivity contribution in [3.05, 3.63) is 58.0 Å². The Labute approximate surface area is 123 Å². The molecule has 0 radical (unpaired) electrons. The van der Waals surface area contributed by atoms with Crippen LogP contribution >= 0.6 is 15.9 Å². The summed E-state index contributed by atoms with van der Waals surface area (Å²) in [4.78, 5) is 0. The summed E-state index contributed by atoms with van der Waals surface area (Å²) in [6.07, 6.45) is 5.64. The quantitative estimate of drug-likeness (QED) is 0.838. The van der Waals surface area contributed by atoms with Gasteiger partial charge in [0.25, 0.3) is 0 Å². The fourth-order valence-electron chi connectivity index (χ4n) is 2.10. The van der Waals surface area contributed by atoms with E-state index in [0.29, 0.717) is 6.04 Å². The fourth-order valence-corrected chi connectivity index (χ4v) is 2.49. The van der Waals surface area contributed by atoms with E-state index in [1.165, 1.54) is 21.2 Å². The molecule has 3 heteroatoms. The Morgan fingerprint density at radius 3 is 2.79 bits per heavy atom. The molecule has 1 N–H and O–H groups in total. The average Bonchev–Trinajstić information content (AvgIpc) is 2.91. The summed E-state index contributed by atoms with van der Waals surface area (Å²) in [5.41, 5.74) is 3.80. The predicted octanol–water partition coefficient (Wildman–Crippen LogP) is 4.63. The number of hydrogen-bond donors (Lipinski definition) is 1. The normalized spacial score (nSPS) is 12.6. The highest BCUT2D eigenvalue weighted by atomic mass is 79.9. The summed E-state index contributed by atoms with van der Waals surface area (Å²) in [6.45, 7) is 5.32. The number of aryl methyl sites for hydroxylation is 1. The van der Waals surface area contributed by atoms with Crippen molar-refractivity contribution in [3.8, 4) is 0 Å². The summed E-state index contributed by atoms with van der Waals surface area (Å²) in [6, 6.07) is 8.93. The summed E-state index contributed by atoms with van der Waals surface area (Å²) < 4.78 is 6.33. The highest BCUT2D eigenvalue weighted by Crippen LogP contribution is 2.24. The van der Waals surface area contributed by atoms with Gasteiger partial charge < -0.3 is 9.73 Å². The van der Waals surface area contributed by atoms with Crippen LogP contribution in [0.5, 0.6) is 0 Å². The number of rotatable bonds is 6. The predicted molar refractivity (Wildman–Crippen MR) is 82.3 cm³/mol. The summed E-state index contributed by atoms with van der Waals surface area (Å²) in [7, 11) is 0. The fraction of sp³-hybridized carbons (Fsp3) is 0.375. The lowest BCUT2D eigenvalue weighted by atomic mass is 9.99. The van der Waals surface area contributed by atoms with Crippen molar-refractivity contribution in [2.24, 2.45) is 0 Å². The number of hydrogen-bond acceptors (Lipinski definition) is 2. The molecule has 2 aromatic rings.